The van der Waals surface area contributed by atoms with Gasteiger partial charge in [-0.3, -0.25) is 5.41 Å². The molecular formula is C23H32N6. The first-order valence-electron chi connectivity index (χ1n) is 10.4. The lowest BCUT2D eigenvalue weighted by Crippen LogP contribution is -2.30. The van der Waals surface area contributed by atoms with E-state index in [1.807, 2.05) is 24.3 Å². The van der Waals surface area contributed by atoms with Crippen LogP contribution in [0.2, 0.25) is 0 Å². The Morgan fingerprint density at radius 1 is 1.10 bits per heavy atom. The fourth-order valence-corrected chi connectivity index (χ4v) is 3.84. The predicted molar refractivity (Wildman–Crippen MR) is 122 cm³/mol. The lowest BCUT2D eigenvalue weighted by atomic mass is 9.96. The third kappa shape index (κ3) is 5.57. The molecule has 0 aromatic heterocycles. The fourth-order valence-electron chi connectivity index (χ4n) is 3.84. The highest BCUT2D eigenvalue weighted by Gasteiger charge is 2.13. The van der Waals surface area contributed by atoms with Crippen LogP contribution in [0.15, 0.2) is 47.6 Å². The highest BCUT2D eigenvalue weighted by molar-refractivity contribution is 6.15. The molecule has 0 saturated carbocycles. The second-order valence-electron chi connectivity index (χ2n) is 7.60. The summed E-state index contributed by atoms with van der Waals surface area (Å²) in [5.74, 6) is 0.369. The molecule has 1 saturated heterocycles. The van der Waals surface area contributed by atoms with Crippen LogP contribution in [-0.4, -0.2) is 43.1 Å². The van der Waals surface area contributed by atoms with Crippen molar-refractivity contribution in [2.75, 3.05) is 32.4 Å². The van der Waals surface area contributed by atoms with Crippen LogP contribution in [0.4, 0.5) is 5.69 Å². The number of nitrogens with zero attached hydrogens (tertiary/aromatic N) is 2. The lowest BCUT2D eigenvalue weighted by Gasteiger charge is -2.26. The number of anilines is 1. The van der Waals surface area contributed by atoms with E-state index in [4.69, 9.17) is 16.9 Å². The quantitative estimate of drug-likeness (QED) is 0.240. The third-order valence-electron chi connectivity index (χ3n) is 5.45. The average molecular weight is 393 g/mol. The Balaban J connectivity index is 1.70. The number of hydrogen-bond donors (Lipinski definition) is 4. The van der Waals surface area contributed by atoms with Crippen LogP contribution in [0, 0.1) is 5.41 Å². The number of amidine groups is 1. The standard InChI is InChI=1S/C23H32N6/c1-27-28-23(26)19-10-11-21(24)20(16-19)22(25)18-9-5-7-17(15-18)8-6-14-29-12-3-2-4-13-29/h5,7,9-11,15-16,25,27H,2-4,6,8,12-14,24H2,1H3,(H2,26,28). The number of piperidine rings is 1. The summed E-state index contributed by atoms with van der Waals surface area (Å²) in [7, 11) is 1.70. The molecule has 29 heavy (non-hydrogen) atoms. The molecular weight excluding hydrogens is 360 g/mol. The van der Waals surface area contributed by atoms with Gasteiger partial charge in [-0.2, -0.15) is 5.10 Å². The first-order chi connectivity index (χ1) is 14.1. The first-order valence-corrected chi connectivity index (χ1v) is 10.4. The average Bonchev–Trinajstić information content (AvgIpc) is 2.75. The second-order valence-corrected chi connectivity index (χ2v) is 7.60. The maximum atomic E-state index is 8.70. The summed E-state index contributed by atoms with van der Waals surface area (Å²) in [5, 5.41) is 12.7. The van der Waals surface area contributed by atoms with Crippen molar-refractivity contribution in [1.82, 2.24) is 10.3 Å². The van der Waals surface area contributed by atoms with Crippen LogP contribution >= 0.6 is 0 Å². The molecule has 0 spiro atoms. The van der Waals surface area contributed by atoms with Gasteiger partial charge in [0.2, 0.25) is 0 Å². The van der Waals surface area contributed by atoms with Gasteiger partial charge in [0.25, 0.3) is 0 Å². The molecule has 1 fully saturated rings. The van der Waals surface area contributed by atoms with Gasteiger partial charge < -0.3 is 21.8 Å². The minimum absolute atomic E-state index is 0.369. The van der Waals surface area contributed by atoms with Gasteiger partial charge >= 0.3 is 0 Å². The lowest BCUT2D eigenvalue weighted by molar-refractivity contribution is 0.226. The minimum Gasteiger partial charge on any atom is -0.398 e. The first kappa shape index (κ1) is 20.9. The molecule has 0 amide bonds. The van der Waals surface area contributed by atoms with Gasteiger partial charge in [0.1, 0.15) is 0 Å². The largest absolute Gasteiger partial charge is 0.398 e. The van der Waals surface area contributed by atoms with Crippen molar-refractivity contribution < 1.29 is 0 Å². The number of hydrogen-bond acceptors (Lipinski definition) is 5. The third-order valence-corrected chi connectivity index (χ3v) is 5.45. The Morgan fingerprint density at radius 3 is 2.66 bits per heavy atom. The monoisotopic (exact) mass is 392 g/mol. The van der Waals surface area contributed by atoms with Gasteiger partial charge in [-0.25, -0.2) is 0 Å². The van der Waals surface area contributed by atoms with Crippen molar-refractivity contribution >= 4 is 17.2 Å². The number of aryl methyl sites for hydroxylation is 1. The Labute approximate surface area is 173 Å². The Hall–Kier alpha value is -2.86. The number of hydrazone groups is 1. The molecule has 2 aromatic carbocycles. The van der Waals surface area contributed by atoms with E-state index in [-0.39, 0.29) is 0 Å². The zero-order valence-corrected chi connectivity index (χ0v) is 17.2. The van der Waals surface area contributed by atoms with Gasteiger partial charge in [0.15, 0.2) is 5.84 Å². The Morgan fingerprint density at radius 2 is 1.90 bits per heavy atom. The van der Waals surface area contributed by atoms with Crippen molar-refractivity contribution in [3.05, 3.63) is 64.7 Å². The van der Waals surface area contributed by atoms with E-state index in [2.05, 4.69) is 27.6 Å². The number of nitrogen functional groups attached to an aromatic ring is 1. The molecule has 0 radical (unpaired) electrons. The Bertz CT molecular complexity index is 867. The van der Waals surface area contributed by atoms with Crippen LogP contribution in [0.25, 0.3) is 0 Å². The van der Waals surface area contributed by atoms with E-state index >= 15 is 0 Å². The summed E-state index contributed by atoms with van der Waals surface area (Å²) in [6.07, 6.45) is 6.20. The molecule has 6 heteroatoms. The molecule has 0 atom stereocenters. The van der Waals surface area contributed by atoms with Crippen molar-refractivity contribution in [3.63, 3.8) is 0 Å². The maximum Gasteiger partial charge on any atom is 0.150 e. The summed E-state index contributed by atoms with van der Waals surface area (Å²) in [6.45, 7) is 3.63. The van der Waals surface area contributed by atoms with Crippen molar-refractivity contribution in [3.8, 4) is 0 Å². The summed E-state index contributed by atoms with van der Waals surface area (Å²) in [6, 6.07) is 13.7. The van der Waals surface area contributed by atoms with Crippen LogP contribution in [-0.2, 0) is 6.42 Å². The second kappa shape index (κ2) is 10.1. The molecule has 0 unspecified atom stereocenters. The molecule has 3 rings (SSSR count). The normalized spacial score (nSPS) is 15.3. The van der Waals surface area contributed by atoms with E-state index in [0.717, 1.165) is 30.5 Å². The van der Waals surface area contributed by atoms with E-state index in [1.54, 1.807) is 13.1 Å². The van der Waals surface area contributed by atoms with Crippen LogP contribution < -0.4 is 16.9 Å². The van der Waals surface area contributed by atoms with E-state index in [1.165, 1.54) is 37.9 Å². The molecule has 6 nitrogen and oxygen atoms in total. The summed E-state index contributed by atoms with van der Waals surface area (Å²) >= 11 is 0. The number of nitrogens with two attached hydrogens (primary N) is 2. The van der Waals surface area contributed by atoms with Crippen molar-refractivity contribution in [1.29, 1.82) is 5.41 Å². The van der Waals surface area contributed by atoms with E-state index in [9.17, 15) is 0 Å². The Kier molecular flexibility index (Phi) is 7.25. The molecule has 0 aliphatic carbocycles. The van der Waals surface area contributed by atoms with Gasteiger partial charge in [-0.15, -0.1) is 0 Å². The molecule has 1 aliphatic heterocycles. The highest BCUT2D eigenvalue weighted by Crippen LogP contribution is 2.20. The molecule has 6 N–H and O–H groups in total. The van der Waals surface area contributed by atoms with Gasteiger partial charge in [-0.1, -0.05) is 24.6 Å². The van der Waals surface area contributed by atoms with Crippen molar-refractivity contribution in [2.45, 2.75) is 32.1 Å². The number of benzene rings is 2. The van der Waals surface area contributed by atoms with E-state index in [0.29, 0.717) is 22.8 Å². The van der Waals surface area contributed by atoms with Crippen LogP contribution in [0.5, 0.6) is 0 Å². The number of nitrogens with one attached hydrogen (secondary N) is 2. The summed E-state index contributed by atoms with van der Waals surface area (Å²) in [5.41, 5.74) is 19.3. The van der Waals surface area contributed by atoms with Gasteiger partial charge in [0.05, 0.1) is 5.71 Å². The molecule has 1 aliphatic rings. The van der Waals surface area contributed by atoms with Gasteiger partial charge in [-0.05, 0) is 75.1 Å². The highest BCUT2D eigenvalue weighted by atomic mass is 15.3. The molecule has 0 bridgehead atoms. The van der Waals surface area contributed by atoms with Crippen LogP contribution in [0.3, 0.4) is 0 Å². The van der Waals surface area contributed by atoms with Crippen LogP contribution in [0.1, 0.15) is 47.9 Å². The predicted octanol–water partition coefficient (Wildman–Crippen LogP) is 2.94. The smallest absolute Gasteiger partial charge is 0.150 e. The topological polar surface area (TPSA) is 104 Å². The van der Waals surface area contributed by atoms with Crippen molar-refractivity contribution in [2.24, 2.45) is 10.8 Å². The molecule has 1 heterocycles. The zero-order chi connectivity index (χ0) is 20.6. The maximum absolute atomic E-state index is 8.70. The summed E-state index contributed by atoms with van der Waals surface area (Å²) < 4.78 is 0. The van der Waals surface area contributed by atoms with E-state index < -0.39 is 0 Å². The zero-order valence-electron chi connectivity index (χ0n) is 17.2. The molecule has 2 aromatic rings. The SMILES string of the molecule is CN/N=C(\N)c1ccc(N)c(C(=N)c2cccc(CCCN3CCCCC3)c2)c1. The number of likely N-dealkylation sites (tertiary alicyclic amines) is 1. The minimum atomic E-state index is 0.369. The summed E-state index contributed by atoms with van der Waals surface area (Å²) in [4.78, 5) is 2.57. The molecule has 154 valence electrons. The fraction of sp³-hybridized carbons (Fsp3) is 0.391. The van der Waals surface area contributed by atoms with Gasteiger partial charge in [0, 0.05) is 29.4 Å². The number of rotatable bonds is 8.